The Balaban J connectivity index is 1.69. The molecule has 1 amide bonds. The summed E-state index contributed by atoms with van der Waals surface area (Å²) >= 11 is 5.66. The zero-order valence-corrected chi connectivity index (χ0v) is 17.7. The van der Waals surface area contributed by atoms with Gasteiger partial charge in [-0.05, 0) is 48.9 Å². The van der Waals surface area contributed by atoms with Gasteiger partial charge in [0.2, 0.25) is 0 Å². The minimum Gasteiger partial charge on any atom is -0.307 e. The van der Waals surface area contributed by atoms with E-state index < -0.39 is 15.8 Å². The molecule has 0 bridgehead atoms. The van der Waals surface area contributed by atoms with Crippen LogP contribution in [0.2, 0.25) is 5.02 Å². The molecule has 0 aliphatic heterocycles. The fourth-order valence-corrected chi connectivity index (χ4v) is 3.99. The number of nitrogens with zero attached hydrogens (tertiary/aromatic N) is 2. The quantitative estimate of drug-likeness (QED) is 0.527. The molecule has 1 aromatic heterocycles. The monoisotopic (exact) mass is 450 g/mol. The van der Waals surface area contributed by atoms with Crippen molar-refractivity contribution in [2.45, 2.75) is 31.2 Å². The van der Waals surface area contributed by atoms with Crippen molar-refractivity contribution in [1.29, 1.82) is 0 Å². The van der Waals surface area contributed by atoms with Crippen LogP contribution in [0.1, 0.15) is 30.1 Å². The molecule has 30 heavy (non-hydrogen) atoms. The van der Waals surface area contributed by atoms with Gasteiger partial charge in [0.1, 0.15) is 11.6 Å². The minimum atomic E-state index is -3.95. The van der Waals surface area contributed by atoms with Gasteiger partial charge in [-0.15, -0.1) is 0 Å². The molecule has 7 nitrogen and oxygen atoms in total. The fourth-order valence-electron chi connectivity index (χ4n) is 2.66. The summed E-state index contributed by atoms with van der Waals surface area (Å²) in [7, 11) is -3.95. The van der Waals surface area contributed by atoms with Crippen LogP contribution in [0.25, 0.3) is 0 Å². The number of sulfonamides is 1. The van der Waals surface area contributed by atoms with Gasteiger partial charge in [-0.2, -0.15) is 5.10 Å². The SMILES string of the molecule is CCCCn1nccc1NC(=O)c1ccc(NS(=O)(=O)c2ccc(F)c(Cl)c2)cc1. The van der Waals surface area contributed by atoms with Crippen molar-refractivity contribution in [3.05, 3.63) is 71.1 Å². The van der Waals surface area contributed by atoms with Crippen LogP contribution < -0.4 is 10.0 Å². The molecule has 0 radical (unpaired) electrons. The van der Waals surface area contributed by atoms with E-state index in [0.717, 1.165) is 31.0 Å². The van der Waals surface area contributed by atoms with Crippen LogP contribution in [-0.4, -0.2) is 24.1 Å². The Bertz CT molecular complexity index is 1150. The van der Waals surface area contributed by atoms with Crippen LogP contribution in [0.3, 0.4) is 0 Å². The Labute approximate surface area is 178 Å². The first kappa shape index (κ1) is 21.8. The topological polar surface area (TPSA) is 93.1 Å². The lowest BCUT2D eigenvalue weighted by Crippen LogP contribution is -2.16. The minimum absolute atomic E-state index is 0.170. The molecule has 0 atom stereocenters. The highest BCUT2D eigenvalue weighted by atomic mass is 35.5. The highest BCUT2D eigenvalue weighted by Crippen LogP contribution is 2.22. The molecule has 1 heterocycles. The third-order valence-corrected chi connectivity index (χ3v) is 5.95. The van der Waals surface area contributed by atoms with Crippen molar-refractivity contribution in [2.24, 2.45) is 0 Å². The zero-order chi connectivity index (χ0) is 21.7. The molecule has 2 N–H and O–H groups in total. The number of carbonyl (C=O) groups is 1. The van der Waals surface area contributed by atoms with E-state index in [0.29, 0.717) is 17.9 Å². The van der Waals surface area contributed by atoms with Gasteiger partial charge in [0.15, 0.2) is 0 Å². The number of benzene rings is 2. The Morgan fingerprint density at radius 2 is 1.90 bits per heavy atom. The summed E-state index contributed by atoms with van der Waals surface area (Å²) in [6, 6.07) is 10.8. The van der Waals surface area contributed by atoms with E-state index >= 15 is 0 Å². The predicted octanol–water partition coefficient (Wildman–Crippen LogP) is 4.53. The molecule has 0 fully saturated rings. The van der Waals surface area contributed by atoms with Crippen LogP contribution in [0.4, 0.5) is 15.9 Å². The predicted molar refractivity (Wildman–Crippen MR) is 114 cm³/mol. The number of carbonyl (C=O) groups excluding carboxylic acids is 1. The number of hydrogen-bond donors (Lipinski definition) is 2. The molecule has 2 aromatic carbocycles. The van der Waals surface area contributed by atoms with Gasteiger partial charge in [0.25, 0.3) is 15.9 Å². The molecule has 158 valence electrons. The maximum Gasteiger partial charge on any atom is 0.261 e. The molecule has 0 saturated heterocycles. The molecular formula is C20H20ClFN4O3S. The number of aryl methyl sites for hydroxylation is 1. The second-order valence-corrected chi connectivity index (χ2v) is 8.60. The van der Waals surface area contributed by atoms with Crippen molar-refractivity contribution in [1.82, 2.24) is 9.78 Å². The third-order valence-electron chi connectivity index (χ3n) is 4.28. The van der Waals surface area contributed by atoms with E-state index in [9.17, 15) is 17.6 Å². The number of halogens is 2. The number of hydrogen-bond acceptors (Lipinski definition) is 4. The Morgan fingerprint density at radius 1 is 1.17 bits per heavy atom. The number of nitrogens with one attached hydrogen (secondary N) is 2. The van der Waals surface area contributed by atoms with Gasteiger partial charge in [-0.3, -0.25) is 9.52 Å². The van der Waals surface area contributed by atoms with Gasteiger partial charge in [0.05, 0.1) is 16.1 Å². The lowest BCUT2D eigenvalue weighted by Gasteiger charge is -2.10. The van der Waals surface area contributed by atoms with Gasteiger partial charge >= 0.3 is 0 Å². The van der Waals surface area contributed by atoms with Crippen LogP contribution >= 0.6 is 11.6 Å². The van der Waals surface area contributed by atoms with E-state index in [1.807, 2.05) is 0 Å². The van der Waals surface area contributed by atoms with Crippen LogP contribution in [-0.2, 0) is 16.6 Å². The summed E-state index contributed by atoms with van der Waals surface area (Å²) in [6.07, 6.45) is 3.57. The number of anilines is 2. The average molecular weight is 451 g/mol. The Kier molecular flexibility index (Phi) is 6.73. The molecule has 3 aromatic rings. The molecule has 3 rings (SSSR count). The summed E-state index contributed by atoms with van der Waals surface area (Å²) in [5.74, 6) is -0.457. The van der Waals surface area contributed by atoms with E-state index in [1.54, 1.807) is 16.9 Å². The van der Waals surface area contributed by atoms with Gasteiger partial charge in [-0.25, -0.2) is 17.5 Å². The Morgan fingerprint density at radius 3 is 2.57 bits per heavy atom. The second-order valence-electron chi connectivity index (χ2n) is 6.51. The van der Waals surface area contributed by atoms with Crippen molar-refractivity contribution in [2.75, 3.05) is 10.0 Å². The summed E-state index contributed by atoms with van der Waals surface area (Å²) in [6.45, 7) is 2.77. The van der Waals surface area contributed by atoms with E-state index in [-0.39, 0.29) is 21.5 Å². The highest BCUT2D eigenvalue weighted by molar-refractivity contribution is 7.92. The summed E-state index contributed by atoms with van der Waals surface area (Å²) in [4.78, 5) is 12.3. The fraction of sp³-hybridized carbons (Fsp3) is 0.200. The van der Waals surface area contributed by atoms with E-state index in [4.69, 9.17) is 11.6 Å². The summed E-state index contributed by atoms with van der Waals surface area (Å²) in [5.41, 5.74) is 0.603. The molecular weight excluding hydrogens is 431 g/mol. The lowest BCUT2D eigenvalue weighted by molar-refractivity contribution is 0.102. The lowest BCUT2D eigenvalue weighted by atomic mass is 10.2. The standard InChI is InChI=1S/C20H20ClFN4O3S/c1-2-3-12-26-19(10-11-23-26)24-20(27)14-4-6-15(7-5-14)25-30(28,29)16-8-9-18(22)17(21)13-16/h4-11,13,25H,2-3,12H2,1H3,(H,24,27). The number of aromatic nitrogens is 2. The third kappa shape index (κ3) is 5.17. The normalized spacial score (nSPS) is 11.3. The number of unbranched alkanes of at least 4 members (excludes halogenated alkanes) is 1. The molecule has 0 saturated carbocycles. The first-order valence-electron chi connectivity index (χ1n) is 9.21. The number of amides is 1. The average Bonchev–Trinajstić information content (AvgIpc) is 3.15. The van der Waals surface area contributed by atoms with Gasteiger partial charge < -0.3 is 5.32 Å². The largest absolute Gasteiger partial charge is 0.307 e. The smallest absolute Gasteiger partial charge is 0.261 e. The first-order valence-corrected chi connectivity index (χ1v) is 11.1. The Hall–Kier alpha value is -2.91. The molecule has 0 aliphatic rings. The van der Waals surface area contributed by atoms with E-state index in [2.05, 4.69) is 22.1 Å². The molecule has 0 unspecified atom stereocenters. The molecule has 0 aliphatic carbocycles. The zero-order valence-electron chi connectivity index (χ0n) is 16.1. The summed E-state index contributed by atoms with van der Waals surface area (Å²) in [5, 5.41) is 6.69. The second kappa shape index (κ2) is 9.27. The first-order chi connectivity index (χ1) is 14.3. The van der Waals surface area contributed by atoms with Crippen molar-refractivity contribution in [3.8, 4) is 0 Å². The number of rotatable bonds is 8. The van der Waals surface area contributed by atoms with Crippen molar-refractivity contribution < 1.29 is 17.6 Å². The van der Waals surface area contributed by atoms with Crippen molar-refractivity contribution in [3.63, 3.8) is 0 Å². The van der Waals surface area contributed by atoms with Crippen LogP contribution in [0.15, 0.2) is 59.6 Å². The van der Waals surface area contributed by atoms with Crippen molar-refractivity contribution >= 4 is 39.0 Å². The molecule has 0 spiro atoms. The maximum atomic E-state index is 13.3. The van der Waals surface area contributed by atoms with E-state index in [1.165, 1.54) is 24.3 Å². The van der Waals surface area contributed by atoms with Crippen LogP contribution in [0.5, 0.6) is 0 Å². The van der Waals surface area contributed by atoms with Gasteiger partial charge in [0, 0.05) is 23.9 Å². The summed E-state index contributed by atoms with van der Waals surface area (Å²) < 4.78 is 42.2. The van der Waals surface area contributed by atoms with Gasteiger partial charge in [-0.1, -0.05) is 24.9 Å². The highest BCUT2D eigenvalue weighted by Gasteiger charge is 2.17. The maximum absolute atomic E-state index is 13.3. The van der Waals surface area contributed by atoms with Crippen LogP contribution in [0, 0.1) is 5.82 Å². The molecule has 10 heteroatoms.